The number of urea groups is 1. The Morgan fingerprint density at radius 2 is 2.19 bits per heavy atom. The van der Waals surface area contributed by atoms with Crippen LogP contribution < -0.4 is 10.6 Å². The maximum absolute atomic E-state index is 11.8. The van der Waals surface area contributed by atoms with E-state index in [4.69, 9.17) is 5.11 Å². The van der Waals surface area contributed by atoms with Crippen LogP contribution in [0.4, 0.5) is 4.79 Å². The van der Waals surface area contributed by atoms with E-state index in [0.29, 0.717) is 12.5 Å². The molecule has 5 nitrogen and oxygen atoms in total. The molecule has 6 heteroatoms. The summed E-state index contributed by atoms with van der Waals surface area (Å²) in [6.45, 7) is 2.98. The Bertz CT molecular complexity index is 442. The molecule has 1 aliphatic carbocycles. The lowest BCUT2D eigenvalue weighted by atomic mass is 9.87. The number of aliphatic hydroxyl groups excluding tert-OH is 1. The van der Waals surface area contributed by atoms with E-state index in [1.165, 1.54) is 0 Å². The largest absolute Gasteiger partial charge is 0.396 e. The SMILES string of the molecule is CCc1nc(CCNC(=O)NC2CCC(CO)CC2)cs1. The van der Waals surface area contributed by atoms with Gasteiger partial charge in [-0.2, -0.15) is 0 Å². The van der Waals surface area contributed by atoms with Crippen LogP contribution in [0, 0.1) is 5.92 Å². The zero-order valence-corrected chi connectivity index (χ0v) is 13.4. The highest BCUT2D eigenvalue weighted by Gasteiger charge is 2.21. The maximum Gasteiger partial charge on any atom is 0.315 e. The zero-order chi connectivity index (χ0) is 15.1. The van der Waals surface area contributed by atoms with E-state index in [1.54, 1.807) is 11.3 Å². The van der Waals surface area contributed by atoms with E-state index in [9.17, 15) is 4.79 Å². The van der Waals surface area contributed by atoms with Gasteiger partial charge in [0.15, 0.2) is 0 Å². The molecule has 0 atom stereocenters. The number of amides is 2. The number of aryl methyl sites for hydroxylation is 1. The Morgan fingerprint density at radius 1 is 1.43 bits per heavy atom. The predicted molar refractivity (Wildman–Crippen MR) is 84.6 cm³/mol. The summed E-state index contributed by atoms with van der Waals surface area (Å²) in [4.78, 5) is 16.3. The first-order valence-electron chi connectivity index (χ1n) is 7.79. The lowest BCUT2D eigenvalue weighted by molar-refractivity contribution is 0.174. The van der Waals surface area contributed by atoms with E-state index < -0.39 is 0 Å². The number of thiazole rings is 1. The lowest BCUT2D eigenvalue weighted by Gasteiger charge is -2.27. The van der Waals surface area contributed by atoms with Gasteiger partial charge in [-0.3, -0.25) is 0 Å². The molecule has 1 aromatic heterocycles. The highest BCUT2D eigenvalue weighted by molar-refractivity contribution is 7.09. The first-order valence-corrected chi connectivity index (χ1v) is 8.67. The summed E-state index contributed by atoms with van der Waals surface area (Å²) in [5.74, 6) is 0.420. The average Bonchev–Trinajstić information content (AvgIpc) is 2.96. The molecule has 2 amide bonds. The molecular formula is C15H25N3O2S. The minimum atomic E-state index is -0.0895. The number of aliphatic hydroxyl groups is 1. The molecule has 2 rings (SSSR count). The number of hydrogen-bond donors (Lipinski definition) is 3. The molecule has 1 aromatic rings. The van der Waals surface area contributed by atoms with Gasteiger partial charge in [-0.25, -0.2) is 9.78 Å². The molecule has 1 aliphatic rings. The average molecular weight is 311 g/mol. The quantitative estimate of drug-likeness (QED) is 0.753. The molecular weight excluding hydrogens is 286 g/mol. The molecule has 0 spiro atoms. The Labute approximate surface area is 130 Å². The van der Waals surface area contributed by atoms with E-state index in [-0.39, 0.29) is 18.7 Å². The van der Waals surface area contributed by atoms with E-state index in [0.717, 1.165) is 49.2 Å². The maximum atomic E-state index is 11.8. The summed E-state index contributed by atoms with van der Waals surface area (Å²) >= 11 is 1.68. The summed E-state index contributed by atoms with van der Waals surface area (Å²) in [6.07, 6.45) is 5.67. The van der Waals surface area contributed by atoms with E-state index in [1.807, 2.05) is 0 Å². The smallest absolute Gasteiger partial charge is 0.315 e. The van der Waals surface area contributed by atoms with Gasteiger partial charge in [-0.1, -0.05) is 6.92 Å². The number of nitrogens with zero attached hydrogens (tertiary/aromatic N) is 1. The topological polar surface area (TPSA) is 74.2 Å². The van der Waals surface area contributed by atoms with Crippen molar-refractivity contribution in [2.24, 2.45) is 5.92 Å². The molecule has 0 bridgehead atoms. The molecule has 0 saturated heterocycles. The molecule has 0 unspecified atom stereocenters. The molecule has 1 fully saturated rings. The van der Waals surface area contributed by atoms with Crippen LogP contribution in [0.15, 0.2) is 5.38 Å². The number of carbonyl (C=O) groups excluding carboxylic acids is 1. The Kier molecular flexibility index (Phi) is 6.45. The van der Waals surface area contributed by atoms with Gasteiger partial charge < -0.3 is 15.7 Å². The number of hydrogen-bond acceptors (Lipinski definition) is 4. The van der Waals surface area contributed by atoms with Crippen LogP contribution in [0.1, 0.15) is 43.3 Å². The van der Waals surface area contributed by atoms with Crippen molar-refractivity contribution in [2.45, 2.75) is 51.5 Å². The number of nitrogens with one attached hydrogen (secondary N) is 2. The monoisotopic (exact) mass is 311 g/mol. The highest BCUT2D eigenvalue weighted by Crippen LogP contribution is 2.23. The van der Waals surface area contributed by atoms with E-state index in [2.05, 4.69) is 27.9 Å². The van der Waals surface area contributed by atoms with Crippen LogP contribution >= 0.6 is 11.3 Å². The third kappa shape index (κ3) is 5.28. The van der Waals surface area contributed by atoms with Crippen molar-refractivity contribution in [3.63, 3.8) is 0 Å². The summed E-state index contributed by atoms with van der Waals surface area (Å²) in [5.41, 5.74) is 1.06. The van der Waals surface area contributed by atoms with Crippen molar-refractivity contribution >= 4 is 17.4 Å². The summed E-state index contributed by atoms with van der Waals surface area (Å²) < 4.78 is 0. The second kappa shape index (κ2) is 8.34. The molecule has 118 valence electrons. The summed E-state index contributed by atoms with van der Waals surface area (Å²) in [6, 6.07) is 0.159. The van der Waals surface area contributed by atoms with Crippen LogP contribution in [-0.4, -0.2) is 35.3 Å². The van der Waals surface area contributed by atoms with Gasteiger partial charge in [-0.05, 0) is 38.0 Å². The molecule has 3 N–H and O–H groups in total. The predicted octanol–water partition coefficient (Wildman–Crippen LogP) is 2.10. The van der Waals surface area contributed by atoms with Crippen LogP contribution in [0.3, 0.4) is 0 Å². The molecule has 0 radical (unpaired) electrons. The van der Waals surface area contributed by atoms with Crippen molar-refractivity contribution in [3.8, 4) is 0 Å². The molecule has 0 aliphatic heterocycles. The minimum absolute atomic E-state index is 0.0895. The lowest BCUT2D eigenvalue weighted by Crippen LogP contribution is -2.44. The second-order valence-corrected chi connectivity index (χ2v) is 6.58. The van der Waals surface area contributed by atoms with Crippen molar-refractivity contribution in [1.82, 2.24) is 15.6 Å². The molecule has 1 saturated carbocycles. The van der Waals surface area contributed by atoms with Crippen LogP contribution in [0.2, 0.25) is 0 Å². The summed E-state index contributed by atoms with van der Waals surface area (Å²) in [5, 5.41) is 18.2. The number of aromatic nitrogens is 1. The van der Waals surface area contributed by atoms with Gasteiger partial charge in [0.25, 0.3) is 0 Å². The van der Waals surface area contributed by atoms with Gasteiger partial charge in [0.2, 0.25) is 0 Å². The fraction of sp³-hybridized carbons (Fsp3) is 0.733. The normalized spacial score (nSPS) is 22.0. The molecule has 1 heterocycles. The first kappa shape index (κ1) is 16.2. The van der Waals surface area contributed by atoms with Crippen molar-refractivity contribution in [1.29, 1.82) is 0 Å². The van der Waals surface area contributed by atoms with E-state index >= 15 is 0 Å². The standard InChI is InChI=1S/C15H25N3O2S/c1-2-14-17-13(10-21-14)7-8-16-15(20)18-12-5-3-11(9-19)4-6-12/h10-12,19H,2-9H2,1H3,(H2,16,18,20). The van der Waals surface area contributed by atoms with Gasteiger partial charge in [0, 0.05) is 31.0 Å². The second-order valence-electron chi connectivity index (χ2n) is 5.64. The third-order valence-corrected chi connectivity index (χ3v) is 5.05. The van der Waals surface area contributed by atoms with Crippen molar-refractivity contribution < 1.29 is 9.90 Å². The van der Waals surface area contributed by atoms with Crippen LogP contribution in [0.5, 0.6) is 0 Å². The minimum Gasteiger partial charge on any atom is -0.396 e. The Morgan fingerprint density at radius 3 is 2.81 bits per heavy atom. The Balaban J connectivity index is 1.61. The van der Waals surface area contributed by atoms with Gasteiger partial charge in [0.05, 0.1) is 10.7 Å². The van der Waals surface area contributed by atoms with Crippen molar-refractivity contribution in [3.05, 3.63) is 16.1 Å². The first-order chi connectivity index (χ1) is 10.2. The summed E-state index contributed by atoms with van der Waals surface area (Å²) in [7, 11) is 0. The third-order valence-electron chi connectivity index (χ3n) is 4.01. The Hall–Kier alpha value is -1.14. The van der Waals surface area contributed by atoms with Crippen LogP contribution in [-0.2, 0) is 12.8 Å². The van der Waals surface area contributed by atoms with Crippen LogP contribution in [0.25, 0.3) is 0 Å². The zero-order valence-electron chi connectivity index (χ0n) is 12.6. The van der Waals surface area contributed by atoms with Crippen molar-refractivity contribution in [2.75, 3.05) is 13.2 Å². The van der Waals surface area contributed by atoms with Gasteiger partial charge in [0.1, 0.15) is 0 Å². The number of carbonyl (C=O) groups is 1. The highest BCUT2D eigenvalue weighted by atomic mass is 32.1. The fourth-order valence-corrected chi connectivity index (χ4v) is 3.44. The van der Waals surface area contributed by atoms with Gasteiger partial charge in [-0.15, -0.1) is 11.3 Å². The number of rotatable bonds is 6. The molecule has 21 heavy (non-hydrogen) atoms. The van der Waals surface area contributed by atoms with Gasteiger partial charge >= 0.3 is 6.03 Å². The molecule has 0 aromatic carbocycles. The fourth-order valence-electron chi connectivity index (χ4n) is 2.66.